The molecule has 0 radical (unpaired) electrons. The quantitative estimate of drug-likeness (QED) is 0.737. The summed E-state index contributed by atoms with van der Waals surface area (Å²) < 4.78 is 44.8. The molecule has 2 aromatic rings. The number of hydrogen-bond donors (Lipinski definition) is 1. The molecule has 29 heavy (non-hydrogen) atoms. The summed E-state index contributed by atoms with van der Waals surface area (Å²) >= 11 is 0. The molecule has 3 rings (SSSR count). The number of hydrogen-bond acceptors (Lipinski definition) is 4. The van der Waals surface area contributed by atoms with Gasteiger partial charge in [0.1, 0.15) is 6.61 Å². The molecule has 0 saturated carbocycles. The highest BCUT2D eigenvalue weighted by atomic mass is 19.4. The number of ether oxygens (including phenoxy) is 1. The molecule has 0 aromatic heterocycles. The van der Waals surface area contributed by atoms with E-state index < -0.39 is 23.3 Å². The summed E-state index contributed by atoms with van der Waals surface area (Å²) in [7, 11) is 0. The van der Waals surface area contributed by atoms with Crippen molar-refractivity contribution in [2.75, 3.05) is 26.2 Å². The van der Waals surface area contributed by atoms with Crippen molar-refractivity contribution in [3.05, 3.63) is 71.3 Å². The van der Waals surface area contributed by atoms with Crippen LogP contribution in [-0.2, 0) is 21.3 Å². The molecular weight excluding hydrogens is 383 g/mol. The van der Waals surface area contributed by atoms with E-state index in [9.17, 15) is 23.1 Å². The van der Waals surface area contributed by atoms with E-state index in [0.717, 1.165) is 38.1 Å². The van der Waals surface area contributed by atoms with Gasteiger partial charge in [0.15, 0.2) is 0 Å². The Morgan fingerprint density at radius 1 is 0.931 bits per heavy atom. The molecule has 1 fully saturated rings. The molecule has 1 aliphatic heterocycles. The number of aliphatic hydroxyl groups is 1. The molecule has 0 aliphatic carbocycles. The summed E-state index contributed by atoms with van der Waals surface area (Å²) in [5.41, 5.74) is -3.29. The number of esters is 1. The topological polar surface area (TPSA) is 49.8 Å². The van der Waals surface area contributed by atoms with Crippen LogP contribution in [0.1, 0.15) is 36.0 Å². The van der Waals surface area contributed by atoms with Crippen molar-refractivity contribution in [2.24, 2.45) is 0 Å². The standard InChI is InChI=1S/C22H24F3NO3/c23-22(24,25)19-11-7-10-18(16-19)21(28,17-8-3-1-4-9-17)20(27)29-15-14-26-12-5-2-6-13-26/h1,3-4,7-11,16,28H,2,5-6,12-15H2. The molecule has 7 heteroatoms. The van der Waals surface area contributed by atoms with Crippen LogP contribution in [0.2, 0.25) is 0 Å². The number of alkyl halides is 3. The van der Waals surface area contributed by atoms with Gasteiger partial charge in [0.05, 0.1) is 5.56 Å². The first-order valence-electron chi connectivity index (χ1n) is 9.67. The van der Waals surface area contributed by atoms with Crippen LogP contribution in [0.25, 0.3) is 0 Å². The molecule has 0 bridgehead atoms. The lowest BCUT2D eigenvalue weighted by atomic mass is 9.85. The Balaban J connectivity index is 1.85. The van der Waals surface area contributed by atoms with Gasteiger partial charge in [-0.25, -0.2) is 4.79 Å². The summed E-state index contributed by atoms with van der Waals surface area (Å²) in [5, 5.41) is 11.3. The van der Waals surface area contributed by atoms with Gasteiger partial charge in [-0.2, -0.15) is 13.2 Å². The van der Waals surface area contributed by atoms with E-state index in [1.165, 1.54) is 30.7 Å². The fourth-order valence-electron chi connectivity index (χ4n) is 3.56. The summed E-state index contributed by atoms with van der Waals surface area (Å²) in [6, 6.07) is 12.1. The number of carbonyl (C=O) groups is 1. The second-order valence-electron chi connectivity index (χ2n) is 7.19. The Labute approximate surface area is 167 Å². The summed E-state index contributed by atoms with van der Waals surface area (Å²) in [6.07, 6.45) is -1.23. The number of carbonyl (C=O) groups excluding carboxylic acids is 1. The van der Waals surface area contributed by atoms with Crippen molar-refractivity contribution in [3.8, 4) is 0 Å². The molecule has 1 heterocycles. The van der Waals surface area contributed by atoms with Crippen molar-refractivity contribution in [1.29, 1.82) is 0 Å². The monoisotopic (exact) mass is 407 g/mol. The van der Waals surface area contributed by atoms with Gasteiger partial charge in [0.2, 0.25) is 5.60 Å². The predicted molar refractivity (Wildman–Crippen MR) is 102 cm³/mol. The number of nitrogens with zero attached hydrogens (tertiary/aromatic N) is 1. The van der Waals surface area contributed by atoms with Crippen LogP contribution in [0, 0.1) is 0 Å². The van der Waals surface area contributed by atoms with Crippen molar-refractivity contribution in [3.63, 3.8) is 0 Å². The van der Waals surface area contributed by atoms with Gasteiger partial charge in [-0.1, -0.05) is 48.9 Å². The second kappa shape index (κ2) is 8.97. The largest absolute Gasteiger partial charge is 0.462 e. The fraction of sp³-hybridized carbons (Fsp3) is 0.409. The molecule has 1 N–H and O–H groups in total. The molecule has 0 spiro atoms. The fourth-order valence-corrected chi connectivity index (χ4v) is 3.56. The maximum Gasteiger partial charge on any atom is 0.416 e. The SMILES string of the molecule is O=C(OCCN1CCCCC1)C(O)(c1ccccc1)c1cccc(C(F)(F)F)c1. The van der Waals surface area contributed by atoms with Gasteiger partial charge in [0, 0.05) is 12.1 Å². The highest BCUT2D eigenvalue weighted by Crippen LogP contribution is 2.36. The minimum absolute atomic E-state index is 0.0624. The lowest BCUT2D eigenvalue weighted by Crippen LogP contribution is -2.40. The highest BCUT2D eigenvalue weighted by molar-refractivity contribution is 5.85. The minimum Gasteiger partial charge on any atom is -0.462 e. The van der Waals surface area contributed by atoms with E-state index in [1.54, 1.807) is 18.2 Å². The summed E-state index contributed by atoms with van der Waals surface area (Å²) in [6.45, 7) is 2.44. The van der Waals surface area contributed by atoms with E-state index in [2.05, 4.69) is 4.90 Å². The van der Waals surface area contributed by atoms with E-state index in [-0.39, 0.29) is 17.7 Å². The van der Waals surface area contributed by atoms with E-state index in [0.29, 0.717) is 6.54 Å². The number of likely N-dealkylation sites (tertiary alicyclic amines) is 1. The van der Waals surface area contributed by atoms with Gasteiger partial charge in [-0.05, 0) is 43.6 Å². The molecule has 2 aromatic carbocycles. The first kappa shape index (κ1) is 21.3. The summed E-state index contributed by atoms with van der Waals surface area (Å²) in [4.78, 5) is 15.1. The van der Waals surface area contributed by atoms with Crippen molar-refractivity contribution in [1.82, 2.24) is 4.90 Å². The molecule has 1 saturated heterocycles. The van der Waals surface area contributed by atoms with Gasteiger partial charge >= 0.3 is 12.1 Å². The average Bonchev–Trinajstić information content (AvgIpc) is 2.74. The van der Waals surface area contributed by atoms with Crippen LogP contribution < -0.4 is 0 Å². The van der Waals surface area contributed by atoms with Crippen molar-refractivity contribution in [2.45, 2.75) is 31.0 Å². The molecule has 156 valence electrons. The smallest absolute Gasteiger partial charge is 0.416 e. The number of halogens is 3. The Hall–Kier alpha value is -2.38. The van der Waals surface area contributed by atoms with Crippen molar-refractivity contribution < 1.29 is 27.8 Å². The molecule has 1 aliphatic rings. The summed E-state index contributed by atoms with van der Waals surface area (Å²) in [5.74, 6) is -0.986. The Morgan fingerprint density at radius 2 is 1.55 bits per heavy atom. The third-order valence-corrected chi connectivity index (χ3v) is 5.18. The van der Waals surface area contributed by atoms with E-state index >= 15 is 0 Å². The normalized spacial score (nSPS) is 17.5. The van der Waals surface area contributed by atoms with Crippen LogP contribution in [0.4, 0.5) is 13.2 Å². The Bertz CT molecular complexity index is 820. The number of rotatable bonds is 6. The number of piperidine rings is 1. The lowest BCUT2D eigenvalue weighted by Gasteiger charge is -2.29. The zero-order valence-corrected chi connectivity index (χ0v) is 16.0. The van der Waals surface area contributed by atoms with Crippen LogP contribution in [0.15, 0.2) is 54.6 Å². The Morgan fingerprint density at radius 3 is 2.21 bits per heavy atom. The lowest BCUT2D eigenvalue weighted by molar-refractivity contribution is -0.163. The molecule has 0 amide bonds. The minimum atomic E-state index is -4.59. The van der Waals surface area contributed by atoms with Crippen LogP contribution >= 0.6 is 0 Å². The third kappa shape index (κ3) is 4.97. The molecular formula is C22H24F3NO3. The van der Waals surface area contributed by atoms with E-state index in [1.807, 2.05) is 0 Å². The predicted octanol–water partition coefficient (Wildman–Crippen LogP) is 3.97. The molecule has 4 nitrogen and oxygen atoms in total. The molecule has 1 atom stereocenters. The van der Waals surface area contributed by atoms with Gasteiger partial charge in [-0.3, -0.25) is 4.90 Å². The second-order valence-corrected chi connectivity index (χ2v) is 7.19. The maximum atomic E-state index is 13.2. The van der Waals surface area contributed by atoms with Crippen LogP contribution in [0.5, 0.6) is 0 Å². The highest BCUT2D eigenvalue weighted by Gasteiger charge is 2.43. The van der Waals surface area contributed by atoms with Crippen molar-refractivity contribution >= 4 is 5.97 Å². The first-order chi connectivity index (χ1) is 13.8. The number of benzene rings is 2. The van der Waals surface area contributed by atoms with Gasteiger partial charge in [-0.15, -0.1) is 0 Å². The van der Waals surface area contributed by atoms with Gasteiger partial charge < -0.3 is 9.84 Å². The average molecular weight is 407 g/mol. The molecule has 1 unspecified atom stereocenters. The first-order valence-corrected chi connectivity index (χ1v) is 9.67. The third-order valence-electron chi connectivity index (χ3n) is 5.18. The zero-order valence-electron chi connectivity index (χ0n) is 16.0. The van der Waals surface area contributed by atoms with Crippen LogP contribution in [0.3, 0.4) is 0 Å². The van der Waals surface area contributed by atoms with E-state index in [4.69, 9.17) is 4.74 Å². The van der Waals surface area contributed by atoms with Crippen LogP contribution in [-0.4, -0.2) is 42.2 Å². The Kier molecular flexibility index (Phi) is 6.59. The maximum absolute atomic E-state index is 13.2. The zero-order chi connectivity index (χ0) is 20.9. The van der Waals surface area contributed by atoms with Gasteiger partial charge in [0.25, 0.3) is 0 Å².